The molecule has 0 saturated carbocycles. The molecule has 11 aromatic rings. The van der Waals surface area contributed by atoms with E-state index >= 15 is 0 Å². The van der Waals surface area contributed by atoms with Crippen LogP contribution >= 0.6 is 0 Å². The van der Waals surface area contributed by atoms with Crippen LogP contribution in [0.1, 0.15) is 268 Å². The number of H-pyrrole nitrogens is 2. The Labute approximate surface area is 634 Å². The van der Waals surface area contributed by atoms with Gasteiger partial charge in [0.15, 0.2) is 23.3 Å². The molecule has 2 aliphatic heterocycles. The highest BCUT2D eigenvalue weighted by molar-refractivity contribution is 6.26. The van der Waals surface area contributed by atoms with Crippen LogP contribution in [0.2, 0.25) is 0 Å². The van der Waals surface area contributed by atoms with Gasteiger partial charge in [0.25, 0.3) is 0 Å². The zero-order chi connectivity index (χ0) is 72.8. The number of aryl methyl sites for hydroxylation is 6. The van der Waals surface area contributed by atoms with Gasteiger partial charge in [-0.05, 0) is 144 Å². The standard InChI is InChI=1S/C98H118N8/c1-7-13-19-25-35-57-73-63-64-74(58-36-26-20-14-8-2)84-83(73)91-99-92(84)101-94-86-76(60-38-28-22-16-10-4)66-68-78(62-40-30-24-18-12-6)88(86)96(103-94)105-98-90-82(72-55-47-34-48-56-72)80(70-51-43-32-44-52-70)79(69-49-41-31-42-50-69)81(71-53-45-33-46-54-71)89(90)97(106-98)104-95-87-77(61-39-29-23-17-11-5)67-65-75(59-37-27-21-15-9-3)85(87)93(100-91)102-95/h31-34,41-56,63-68H,7-30,35-40,57-62H2,1-6H3,(H2,99,100,101,102,103,104,105,106). The summed E-state index contributed by atoms with van der Waals surface area (Å²) in [6.45, 7) is 13.9. The highest BCUT2D eigenvalue weighted by atomic mass is 15.1. The van der Waals surface area contributed by atoms with Gasteiger partial charge in [0.1, 0.15) is 22.6 Å². The number of aromatic nitrogens is 8. The molecule has 5 heterocycles. The third-order valence-corrected chi connectivity index (χ3v) is 22.8. The Balaban J connectivity index is 1.25. The SMILES string of the molecule is CCCCCCCc1ccc(CCCCCCC)c2c1-c1nc-2nc2[nH]c(nc3nc(nc4[nH]c(n1)c1c(CCCCCCC)ccc(CCCCCCC)c41)-c1c(CCCCCCC)ccc(CCCCCCC)c1-3)c1c(-c3ccccc3)c(-c3ccccc3)c(-c3ccccc3)c(-c3ccccc3)c21. The quantitative estimate of drug-likeness (QED) is 0.0370. The summed E-state index contributed by atoms with van der Waals surface area (Å²) in [5, 5.41) is 4.34. The van der Waals surface area contributed by atoms with Gasteiger partial charge in [-0.15, -0.1) is 0 Å². The zero-order valence-corrected chi connectivity index (χ0v) is 65.2. The minimum Gasteiger partial charge on any atom is -0.324 e. The minimum atomic E-state index is 0.693. The van der Waals surface area contributed by atoms with Crippen LogP contribution in [-0.4, -0.2) is 39.9 Å². The van der Waals surface area contributed by atoms with Gasteiger partial charge in [0.05, 0.1) is 0 Å². The Morgan fingerprint density at radius 2 is 0.396 bits per heavy atom. The fourth-order valence-corrected chi connectivity index (χ4v) is 17.2. The molecule has 0 aliphatic carbocycles. The molecule has 0 fully saturated rings. The Hall–Kier alpha value is -8.88. The van der Waals surface area contributed by atoms with Crippen molar-refractivity contribution in [3.8, 4) is 90.1 Å². The first-order valence-electron chi connectivity index (χ1n) is 42.2. The van der Waals surface area contributed by atoms with Crippen molar-refractivity contribution in [3.63, 3.8) is 0 Å². The fraction of sp³-hybridized carbons (Fsp3) is 0.429. The van der Waals surface area contributed by atoms with Crippen LogP contribution in [0.15, 0.2) is 158 Å². The van der Waals surface area contributed by atoms with Crippen LogP contribution in [0.5, 0.6) is 0 Å². The first-order valence-corrected chi connectivity index (χ1v) is 42.2. The molecule has 8 heteroatoms. The number of aromatic amines is 2. The highest BCUT2D eigenvalue weighted by Crippen LogP contribution is 2.54. The summed E-state index contributed by atoms with van der Waals surface area (Å²) in [7, 11) is 0. The molecular formula is C98H118N8. The average Bonchev–Trinajstić information content (AvgIpc) is 1.45. The van der Waals surface area contributed by atoms with E-state index in [0.29, 0.717) is 22.9 Å². The molecule has 8 bridgehead atoms. The van der Waals surface area contributed by atoms with Crippen LogP contribution < -0.4 is 0 Å². The second-order valence-corrected chi connectivity index (χ2v) is 30.7. The van der Waals surface area contributed by atoms with Crippen molar-refractivity contribution in [1.29, 1.82) is 0 Å². The Bertz CT molecular complexity index is 4550. The molecule has 0 spiro atoms. The van der Waals surface area contributed by atoms with Crippen LogP contribution in [0.3, 0.4) is 0 Å². The van der Waals surface area contributed by atoms with Crippen LogP contribution in [0, 0.1) is 0 Å². The average molecular weight is 1410 g/mol. The molecule has 13 rings (SSSR count). The lowest BCUT2D eigenvalue weighted by atomic mass is 9.80. The smallest absolute Gasteiger partial charge is 0.165 e. The molecule has 8 aromatic carbocycles. The van der Waals surface area contributed by atoms with Crippen LogP contribution in [0.4, 0.5) is 0 Å². The number of rotatable bonds is 40. The summed E-state index contributed by atoms with van der Waals surface area (Å²) >= 11 is 0. The van der Waals surface area contributed by atoms with E-state index < -0.39 is 0 Å². The third-order valence-electron chi connectivity index (χ3n) is 22.8. The summed E-state index contributed by atoms with van der Waals surface area (Å²) in [6.07, 6.45) is 41.3. The topological polar surface area (TPSA) is 109 Å². The van der Waals surface area contributed by atoms with Gasteiger partial charge in [0.2, 0.25) is 0 Å². The number of hydrogen-bond donors (Lipinski definition) is 2. The third kappa shape index (κ3) is 17.4. The number of fused-ring (bicyclic) bond motifs is 20. The van der Waals surface area contributed by atoms with E-state index in [0.717, 1.165) is 178 Å². The molecule has 0 saturated heterocycles. The molecule has 106 heavy (non-hydrogen) atoms. The van der Waals surface area contributed by atoms with Crippen molar-refractivity contribution in [2.24, 2.45) is 0 Å². The molecule has 0 unspecified atom stereocenters. The summed E-state index contributed by atoms with van der Waals surface area (Å²) in [4.78, 5) is 45.2. The molecule has 550 valence electrons. The summed E-state index contributed by atoms with van der Waals surface area (Å²) in [6, 6.07) is 59.1. The van der Waals surface area contributed by atoms with Crippen molar-refractivity contribution in [1.82, 2.24) is 39.9 Å². The van der Waals surface area contributed by atoms with E-state index in [2.05, 4.69) is 209 Å². The number of benzene rings is 8. The second kappa shape index (κ2) is 38.1. The lowest BCUT2D eigenvalue weighted by Crippen LogP contribution is -1.98. The van der Waals surface area contributed by atoms with Crippen LogP contribution in [-0.2, 0) is 38.5 Å². The first-order chi connectivity index (χ1) is 52.4. The maximum atomic E-state index is 6.26. The molecule has 3 aromatic heterocycles. The molecule has 2 N–H and O–H groups in total. The lowest BCUT2D eigenvalue weighted by molar-refractivity contribution is 0.630. The van der Waals surface area contributed by atoms with Gasteiger partial charge >= 0.3 is 0 Å². The van der Waals surface area contributed by atoms with E-state index in [9.17, 15) is 0 Å². The Kier molecular flexibility index (Phi) is 27.1. The van der Waals surface area contributed by atoms with Gasteiger partial charge < -0.3 is 9.97 Å². The normalized spacial score (nSPS) is 11.9. The van der Waals surface area contributed by atoms with Crippen LogP contribution in [0.25, 0.3) is 134 Å². The summed E-state index contributed by atoms with van der Waals surface area (Å²) in [5.41, 5.74) is 24.2. The summed E-state index contributed by atoms with van der Waals surface area (Å²) in [5.74, 6) is 2.84. The highest BCUT2D eigenvalue weighted by Gasteiger charge is 2.33. The molecule has 2 aliphatic rings. The van der Waals surface area contributed by atoms with E-state index in [-0.39, 0.29) is 0 Å². The lowest BCUT2D eigenvalue weighted by Gasteiger charge is -2.23. The molecular weight excluding hydrogens is 1290 g/mol. The Morgan fingerprint density at radius 1 is 0.189 bits per heavy atom. The monoisotopic (exact) mass is 1410 g/mol. The largest absolute Gasteiger partial charge is 0.324 e. The van der Waals surface area contributed by atoms with Gasteiger partial charge in [-0.1, -0.05) is 353 Å². The van der Waals surface area contributed by atoms with Crippen molar-refractivity contribution in [2.75, 3.05) is 0 Å². The second-order valence-electron chi connectivity index (χ2n) is 30.7. The first kappa shape index (κ1) is 75.4. The van der Waals surface area contributed by atoms with Gasteiger partial charge in [-0.3, -0.25) is 0 Å². The van der Waals surface area contributed by atoms with Crippen molar-refractivity contribution in [3.05, 3.63) is 191 Å². The maximum absolute atomic E-state index is 6.26. The number of nitrogens with one attached hydrogen (secondary N) is 2. The predicted octanol–water partition coefficient (Wildman–Crippen LogP) is 28.6. The minimum absolute atomic E-state index is 0.693. The molecule has 0 atom stereocenters. The Morgan fingerprint density at radius 3 is 0.642 bits per heavy atom. The fourth-order valence-electron chi connectivity index (χ4n) is 17.2. The van der Waals surface area contributed by atoms with E-state index in [1.807, 2.05) is 0 Å². The predicted molar refractivity (Wildman–Crippen MR) is 453 cm³/mol. The van der Waals surface area contributed by atoms with Crippen molar-refractivity contribution < 1.29 is 0 Å². The van der Waals surface area contributed by atoms with Crippen molar-refractivity contribution in [2.45, 2.75) is 273 Å². The zero-order valence-electron chi connectivity index (χ0n) is 65.2. The summed E-state index contributed by atoms with van der Waals surface area (Å²) < 4.78 is 0. The van der Waals surface area contributed by atoms with E-state index in [1.165, 1.54) is 198 Å². The number of nitrogens with zero attached hydrogens (tertiary/aromatic N) is 6. The molecule has 0 amide bonds. The maximum Gasteiger partial charge on any atom is 0.165 e. The van der Waals surface area contributed by atoms with Gasteiger partial charge in [-0.2, -0.15) is 0 Å². The molecule has 0 radical (unpaired) electrons. The van der Waals surface area contributed by atoms with Gasteiger partial charge in [-0.25, -0.2) is 29.9 Å². The van der Waals surface area contributed by atoms with Gasteiger partial charge in [0, 0.05) is 54.9 Å². The van der Waals surface area contributed by atoms with Crippen molar-refractivity contribution >= 4 is 44.1 Å². The van der Waals surface area contributed by atoms with E-state index in [1.54, 1.807) is 0 Å². The molecule has 8 nitrogen and oxygen atoms in total. The van der Waals surface area contributed by atoms with E-state index in [4.69, 9.17) is 29.9 Å². The number of unbranched alkanes of at least 4 members (excludes halogenated alkanes) is 24. The number of hydrogen-bond acceptors (Lipinski definition) is 6.